The van der Waals surface area contributed by atoms with Crippen LogP contribution in [-0.4, -0.2) is 36.7 Å². The molecule has 7 nitrogen and oxygen atoms in total. The SMILES string of the molecule is CC1CCN(S(=O)(=O)c2ccc(C(=O)NNc3nc4c(F)cccc4s3)cc2)CC1. The highest BCUT2D eigenvalue weighted by molar-refractivity contribution is 7.89. The fourth-order valence-electron chi connectivity index (χ4n) is 3.30. The van der Waals surface area contributed by atoms with Crippen molar-refractivity contribution in [3.8, 4) is 0 Å². The normalized spacial score (nSPS) is 15.9. The molecule has 1 saturated heterocycles. The monoisotopic (exact) mass is 448 g/mol. The van der Waals surface area contributed by atoms with Gasteiger partial charge in [-0.2, -0.15) is 4.31 Å². The highest BCUT2D eigenvalue weighted by atomic mass is 32.2. The Kier molecular flexibility index (Phi) is 5.72. The first kappa shape index (κ1) is 20.7. The van der Waals surface area contributed by atoms with Crippen molar-refractivity contribution in [3.63, 3.8) is 0 Å². The second-order valence-electron chi connectivity index (χ2n) is 7.30. The van der Waals surface area contributed by atoms with E-state index in [0.29, 0.717) is 34.4 Å². The largest absolute Gasteiger partial charge is 0.273 e. The smallest absolute Gasteiger partial charge is 0.269 e. The zero-order chi connectivity index (χ0) is 21.3. The molecule has 0 radical (unpaired) electrons. The van der Waals surface area contributed by atoms with Crippen molar-refractivity contribution in [2.75, 3.05) is 18.5 Å². The van der Waals surface area contributed by atoms with Crippen LogP contribution in [-0.2, 0) is 10.0 Å². The molecular weight excluding hydrogens is 427 g/mol. The minimum Gasteiger partial charge on any atom is -0.273 e. The number of carbonyl (C=O) groups is 1. The topological polar surface area (TPSA) is 91.4 Å². The van der Waals surface area contributed by atoms with Crippen molar-refractivity contribution in [2.24, 2.45) is 5.92 Å². The number of thiazole rings is 1. The van der Waals surface area contributed by atoms with Gasteiger partial charge in [-0.25, -0.2) is 17.8 Å². The number of carbonyl (C=O) groups excluding carboxylic acids is 1. The van der Waals surface area contributed by atoms with E-state index in [4.69, 9.17) is 0 Å². The number of hydrogen-bond donors (Lipinski definition) is 2. The molecule has 4 rings (SSSR count). The van der Waals surface area contributed by atoms with E-state index >= 15 is 0 Å². The van der Waals surface area contributed by atoms with Crippen LogP contribution in [0.4, 0.5) is 9.52 Å². The van der Waals surface area contributed by atoms with Crippen LogP contribution in [0.15, 0.2) is 47.4 Å². The molecule has 1 aliphatic rings. The number of nitrogens with zero attached hydrogens (tertiary/aromatic N) is 2. The quantitative estimate of drug-likeness (QED) is 0.582. The van der Waals surface area contributed by atoms with E-state index in [-0.39, 0.29) is 10.4 Å². The van der Waals surface area contributed by atoms with Crippen molar-refractivity contribution in [3.05, 3.63) is 53.8 Å². The number of aromatic nitrogens is 1. The maximum Gasteiger partial charge on any atom is 0.269 e. The molecule has 3 aromatic rings. The number of fused-ring (bicyclic) bond motifs is 1. The third-order valence-corrected chi connectivity index (χ3v) is 8.00. The fourth-order valence-corrected chi connectivity index (χ4v) is 5.61. The van der Waals surface area contributed by atoms with Crippen molar-refractivity contribution in [1.82, 2.24) is 14.7 Å². The Hall–Kier alpha value is -2.56. The van der Waals surface area contributed by atoms with Crippen LogP contribution in [0, 0.1) is 11.7 Å². The van der Waals surface area contributed by atoms with Gasteiger partial charge < -0.3 is 0 Å². The number of nitrogens with one attached hydrogen (secondary N) is 2. The number of sulfonamides is 1. The van der Waals surface area contributed by atoms with Gasteiger partial charge in [0.05, 0.1) is 9.60 Å². The summed E-state index contributed by atoms with van der Waals surface area (Å²) in [7, 11) is -3.56. The van der Waals surface area contributed by atoms with E-state index in [1.54, 1.807) is 12.1 Å². The van der Waals surface area contributed by atoms with E-state index in [1.807, 2.05) is 0 Å². The fraction of sp³-hybridized carbons (Fsp3) is 0.300. The maximum atomic E-state index is 13.7. The third kappa shape index (κ3) is 4.16. The summed E-state index contributed by atoms with van der Waals surface area (Å²) in [6.07, 6.45) is 1.70. The molecule has 1 aromatic heterocycles. The van der Waals surface area contributed by atoms with E-state index in [0.717, 1.165) is 12.8 Å². The summed E-state index contributed by atoms with van der Waals surface area (Å²) in [5, 5.41) is 0.349. The standard InChI is InChI=1S/C20H21FN4O3S2/c1-13-9-11-25(12-10-13)30(27,28)15-7-5-14(6-8-15)19(26)23-24-20-22-18-16(21)3-2-4-17(18)29-20/h2-8,13H,9-12H2,1H3,(H,22,24)(H,23,26). The molecular formula is C20H21FN4O3S2. The summed E-state index contributed by atoms with van der Waals surface area (Å²) in [6, 6.07) is 10.5. The number of rotatable bonds is 5. The molecule has 158 valence electrons. The highest BCUT2D eigenvalue weighted by Crippen LogP contribution is 2.27. The number of amides is 1. The number of benzene rings is 2. The van der Waals surface area contributed by atoms with Gasteiger partial charge in [0.2, 0.25) is 15.2 Å². The van der Waals surface area contributed by atoms with Crippen LogP contribution in [0.25, 0.3) is 10.2 Å². The van der Waals surface area contributed by atoms with Crippen LogP contribution in [0.2, 0.25) is 0 Å². The second-order valence-corrected chi connectivity index (χ2v) is 10.3. The summed E-state index contributed by atoms with van der Waals surface area (Å²) in [5.74, 6) is -0.351. The second kappa shape index (κ2) is 8.29. The molecule has 1 aliphatic heterocycles. The molecule has 0 aliphatic carbocycles. The van der Waals surface area contributed by atoms with Gasteiger partial charge >= 0.3 is 0 Å². The molecule has 0 unspecified atom stereocenters. The zero-order valence-corrected chi connectivity index (χ0v) is 17.9. The molecule has 0 saturated carbocycles. The van der Waals surface area contributed by atoms with Crippen LogP contribution >= 0.6 is 11.3 Å². The Balaban J connectivity index is 1.41. The van der Waals surface area contributed by atoms with Crippen LogP contribution in [0.5, 0.6) is 0 Å². The predicted octanol–water partition coefficient (Wildman–Crippen LogP) is 3.61. The molecule has 0 bridgehead atoms. The number of halogens is 1. The number of piperidine rings is 1. The average Bonchev–Trinajstić information content (AvgIpc) is 3.17. The summed E-state index contributed by atoms with van der Waals surface area (Å²) < 4.78 is 41.4. The van der Waals surface area contributed by atoms with Gasteiger partial charge in [-0.15, -0.1) is 0 Å². The zero-order valence-electron chi connectivity index (χ0n) is 16.3. The predicted molar refractivity (Wildman–Crippen MR) is 114 cm³/mol. The Morgan fingerprint density at radius 1 is 1.17 bits per heavy atom. The summed E-state index contributed by atoms with van der Waals surface area (Å²) in [5.41, 5.74) is 5.70. The summed E-state index contributed by atoms with van der Waals surface area (Å²) in [4.78, 5) is 16.7. The Labute approximate surface area is 177 Å². The van der Waals surface area contributed by atoms with Gasteiger partial charge in [0.15, 0.2) is 0 Å². The average molecular weight is 449 g/mol. The van der Waals surface area contributed by atoms with Gasteiger partial charge in [0.25, 0.3) is 5.91 Å². The van der Waals surface area contributed by atoms with Crippen LogP contribution < -0.4 is 10.9 Å². The van der Waals surface area contributed by atoms with E-state index in [1.165, 1.54) is 46.0 Å². The van der Waals surface area contributed by atoms with Crippen molar-refractivity contribution >= 4 is 42.6 Å². The number of anilines is 1. The summed E-state index contributed by atoms with van der Waals surface area (Å²) in [6.45, 7) is 3.15. The number of hydrazine groups is 1. The van der Waals surface area contributed by atoms with Crippen LogP contribution in [0.1, 0.15) is 30.1 Å². The van der Waals surface area contributed by atoms with Crippen molar-refractivity contribution < 1.29 is 17.6 Å². The minimum absolute atomic E-state index is 0.170. The third-order valence-electron chi connectivity index (χ3n) is 5.15. The Morgan fingerprint density at radius 3 is 2.53 bits per heavy atom. The first-order valence-electron chi connectivity index (χ1n) is 9.56. The molecule has 1 amide bonds. The lowest BCUT2D eigenvalue weighted by Gasteiger charge is -2.29. The Bertz CT molecular complexity index is 1170. The first-order chi connectivity index (χ1) is 14.3. The molecule has 2 N–H and O–H groups in total. The lowest BCUT2D eigenvalue weighted by Crippen LogP contribution is -2.37. The molecule has 0 atom stereocenters. The summed E-state index contributed by atoms with van der Waals surface area (Å²) >= 11 is 1.21. The molecule has 2 aromatic carbocycles. The molecule has 1 fully saturated rings. The lowest BCUT2D eigenvalue weighted by molar-refractivity contribution is 0.0962. The van der Waals surface area contributed by atoms with Gasteiger partial charge in [0.1, 0.15) is 11.3 Å². The Morgan fingerprint density at radius 2 is 1.87 bits per heavy atom. The molecule has 2 heterocycles. The maximum absolute atomic E-state index is 13.7. The molecule has 10 heteroatoms. The van der Waals surface area contributed by atoms with E-state index < -0.39 is 21.7 Å². The lowest BCUT2D eigenvalue weighted by atomic mass is 10.0. The molecule has 0 spiro atoms. The number of para-hydroxylation sites is 1. The molecule has 30 heavy (non-hydrogen) atoms. The minimum atomic E-state index is -3.56. The van der Waals surface area contributed by atoms with Gasteiger partial charge in [0, 0.05) is 18.7 Å². The highest BCUT2D eigenvalue weighted by Gasteiger charge is 2.28. The first-order valence-corrected chi connectivity index (χ1v) is 11.8. The van der Waals surface area contributed by atoms with Crippen molar-refractivity contribution in [2.45, 2.75) is 24.7 Å². The van der Waals surface area contributed by atoms with Gasteiger partial charge in [-0.1, -0.05) is 24.3 Å². The number of hydrogen-bond acceptors (Lipinski definition) is 6. The van der Waals surface area contributed by atoms with Gasteiger partial charge in [-0.3, -0.25) is 15.6 Å². The van der Waals surface area contributed by atoms with E-state index in [2.05, 4.69) is 22.8 Å². The van der Waals surface area contributed by atoms with E-state index in [9.17, 15) is 17.6 Å². The van der Waals surface area contributed by atoms with Gasteiger partial charge in [-0.05, 0) is 55.2 Å². The van der Waals surface area contributed by atoms with Crippen molar-refractivity contribution in [1.29, 1.82) is 0 Å². The van der Waals surface area contributed by atoms with Crippen LogP contribution in [0.3, 0.4) is 0 Å².